The van der Waals surface area contributed by atoms with Crippen molar-refractivity contribution >= 4 is 11.3 Å². The van der Waals surface area contributed by atoms with Crippen LogP contribution in [0.5, 0.6) is 0 Å². The van der Waals surface area contributed by atoms with Crippen LogP contribution in [0.3, 0.4) is 0 Å². The van der Waals surface area contributed by atoms with Crippen molar-refractivity contribution in [1.29, 1.82) is 0 Å². The molecule has 0 aromatic carbocycles. The molecule has 3 rings (SSSR count). The SMILES string of the molecule is FC(F)(F)c1nc(Cc2ccncc2)sc1CNC1CC1. The van der Waals surface area contributed by atoms with E-state index in [2.05, 4.69) is 15.3 Å². The summed E-state index contributed by atoms with van der Waals surface area (Å²) in [7, 11) is 0. The molecule has 0 spiro atoms. The maximum atomic E-state index is 13.0. The molecule has 1 N–H and O–H groups in total. The van der Waals surface area contributed by atoms with Crippen molar-refractivity contribution in [1.82, 2.24) is 15.3 Å². The van der Waals surface area contributed by atoms with Crippen LogP contribution in [0, 0.1) is 0 Å². The molecular formula is C14H14F3N3S. The zero-order valence-corrected chi connectivity index (χ0v) is 12.0. The summed E-state index contributed by atoms with van der Waals surface area (Å²) < 4.78 is 39.1. The van der Waals surface area contributed by atoms with Crippen LogP contribution in [0.15, 0.2) is 24.5 Å². The Morgan fingerprint density at radius 2 is 1.95 bits per heavy atom. The van der Waals surface area contributed by atoms with Gasteiger partial charge in [-0.3, -0.25) is 4.98 Å². The number of nitrogens with one attached hydrogen (secondary N) is 1. The topological polar surface area (TPSA) is 37.8 Å². The molecule has 0 saturated heterocycles. The number of hydrogen-bond donors (Lipinski definition) is 1. The lowest BCUT2D eigenvalue weighted by molar-refractivity contribution is -0.141. The normalized spacial score (nSPS) is 15.4. The number of aromatic nitrogens is 2. The molecule has 7 heteroatoms. The van der Waals surface area contributed by atoms with Gasteiger partial charge >= 0.3 is 6.18 Å². The Kier molecular flexibility index (Phi) is 3.95. The first kappa shape index (κ1) is 14.5. The highest BCUT2D eigenvalue weighted by Crippen LogP contribution is 2.35. The molecule has 3 nitrogen and oxygen atoms in total. The van der Waals surface area contributed by atoms with Gasteiger partial charge in [-0.15, -0.1) is 11.3 Å². The van der Waals surface area contributed by atoms with Gasteiger partial charge in [0.05, 0.1) is 9.88 Å². The van der Waals surface area contributed by atoms with E-state index in [-0.39, 0.29) is 11.4 Å². The monoisotopic (exact) mass is 313 g/mol. The van der Waals surface area contributed by atoms with Gasteiger partial charge in [-0.05, 0) is 30.5 Å². The number of rotatable bonds is 5. The Bertz CT molecular complexity index is 606. The summed E-state index contributed by atoms with van der Waals surface area (Å²) >= 11 is 1.14. The van der Waals surface area contributed by atoms with E-state index in [9.17, 15) is 13.2 Å². The predicted octanol–water partition coefficient (Wildman–Crippen LogP) is 3.40. The Morgan fingerprint density at radius 1 is 1.24 bits per heavy atom. The average Bonchev–Trinajstić information content (AvgIpc) is 3.17. The highest BCUT2D eigenvalue weighted by atomic mass is 32.1. The minimum Gasteiger partial charge on any atom is -0.309 e. The van der Waals surface area contributed by atoms with Crippen LogP contribution in [-0.2, 0) is 19.1 Å². The van der Waals surface area contributed by atoms with Crippen molar-refractivity contribution in [2.75, 3.05) is 0 Å². The van der Waals surface area contributed by atoms with Crippen LogP contribution in [-0.4, -0.2) is 16.0 Å². The lowest BCUT2D eigenvalue weighted by Gasteiger charge is -2.06. The van der Waals surface area contributed by atoms with Crippen LogP contribution in [0.25, 0.3) is 0 Å². The number of nitrogens with zero attached hydrogens (tertiary/aromatic N) is 2. The Balaban J connectivity index is 1.80. The molecule has 2 aromatic heterocycles. The second kappa shape index (κ2) is 5.73. The number of thiazole rings is 1. The van der Waals surface area contributed by atoms with Crippen LogP contribution >= 0.6 is 11.3 Å². The quantitative estimate of drug-likeness (QED) is 0.919. The molecule has 0 radical (unpaired) electrons. The van der Waals surface area contributed by atoms with E-state index in [0.717, 1.165) is 29.7 Å². The highest BCUT2D eigenvalue weighted by molar-refractivity contribution is 7.11. The molecule has 21 heavy (non-hydrogen) atoms. The predicted molar refractivity (Wildman–Crippen MR) is 74.0 cm³/mol. The van der Waals surface area contributed by atoms with Gasteiger partial charge in [-0.2, -0.15) is 13.2 Å². The van der Waals surface area contributed by atoms with Gasteiger partial charge in [0.15, 0.2) is 5.69 Å². The molecule has 0 unspecified atom stereocenters. The van der Waals surface area contributed by atoms with Gasteiger partial charge in [0, 0.05) is 31.4 Å². The van der Waals surface area contributed by atoms with Crippen LogP contribution in [0.1, 0.15) is 34.0 Å². The Hall–Kier alpha value is -1.47. The first-order valence-corrected chi connectivity index (χ1v) is 7.52. The van der Waals surface area contributed by atoms with Crippen LogP contribution in [0.4, 0.5) is 13.2 Å². The lowest BCUT2D eigenvalue weighted by atomic mass is 10.2. The Labute approximate surface area is 124 Å². The van der Waals surface area contributed by atoms with E-state index in [1.807, 2.05) is 0 Å². The summed E-state index contributed by atoms with van der Waals surface area (Å²) in [4.78, 5) is 7.98. The number of hydrogen-bond acceptors (Lipinski definition) is 4. The van der Waals surface area contributed by atoms with Crippen molar-refractivity contribution in [3.8, 4) is 0 Å². The zero-order valence-electron chi connectivity index (χ0n) is 11.2. The van der Waals surface area contributed by atoms with Gasteiger partial charge < -0.3 is 5.32 Å². The van der Waals surface area contributed by atoms with Crippen molar-refractivity contribution in [2.45, 2.75) is 38.0 Å². The van der Waals surface area contributed by atoms with E-state index in [0.29, 0.717) is 17.5 Å². The molecule has 1 aliphatic carbocycles. The van der Waals surface area contributed by atoms with E-state index in [4.69, 9.17) is 0 Å². The minimum absolute atomic E-state index is 0.244. The molecule has 0 aliphatic heterocycles. The second-order valence-electron chi connectivity index (χ2n) is 5.06. The summed E-state index contributed by atoms with van der Waals surface area (Å²) in [6.45, 7) is 0.244. The molecular weight excluding hydrogens is 299 g/mol. The second-order valence-corrected chi connectivity index (χ2v) is 6.23. The van der Waals surface area contributed by atoms with Crippen molar-refractivity contribution in [3.63, 3.8) is 0 Å². The first-order valence-electron chi connectivity index (χ1n) is 6.70. The Morgan fingerprint density at radius 3 is 2.57 bits per heavy atom. The molecule has 0 atom stereocenters. The largest absolute Gasteiger partial charge is 0.434 e. The van der Waals surface area contributed by atoms with Crippen molar-refractivity contribution in [3.05, 3.63) is 45.7 Å². The minimum atomic E-state index is -4.40. The van der Waals surface area contributed by atoms with Gasteiger partial charge in [-0.25, -0.2) is 4.98 Å². The van der Waals surface area contributed by atoms with Crippen LogP contribution < -0.4 is 5.32 Å². The number of alkyl halides is 3. The third-order valence-electron chi connectivity index (χ3n) is 3.24. The first-order chi connectivity index (χ1) is 10.0. The number of halogens is 3. The molecule has 1 fully saturated rings. The summed E-state index contributed by atoms with van der Waals surface area (Å²) in [5, 5.41) is 3.61. The molecule has 0 amide bonds. The fourth-order valence-electron chi connectivity index (χ4n) is 2.02. The zero-order chi connectivity index (χ0) is 14.9. The van der Waals surface area contributed by atoms with E-state index in [1.165, 1.54) is 0 Å². The van der Waals surface area contributed by atoms with Gasteiger partial charge in [0.2, 0.25) is 0 Å². The van der Waals surface area contributed by atoms with Crippen LogP contribution in [0.2, 0.25) is 0 Å². The number of pyridine rings is 1. The lowest BCUT2D eigenvalue weighted by Crippen LogP contribution is -2.18. The fourth-order valence-corrected chi connectivity index (χ4v) is 3.09. The standard InChI is InChI=1S/C14H14F3N3S/c15-14(16,17)13-11(8-19-10-1-2-10)21-12(20-13)7-9-3-5-18-6-4-9/h3-6,10,19H,1-2,7-8H2. The fraction of sp³-hybridized carbons (Fsp3) is 0.429. The highest BCUT2D eigenvalue weighted by Gasteiger charge is 2.37. The summed E-state index contributed by atoms with van der Waals surface area (Å²) in [6, 6.07) is 3.95. The van der Waals surface area contributed by atoms with E-state index < -0.39 is 11.9 Å². The molecule has 2 heterocycles. The smallest absolute Gasteiger partial charge is 0.309 e. The van der Waals surface area contributed by atoms with Gasteiger partial charge in [0.1, 0.15) is 0 Å². The van der Waals surface area contributed by atoms with Gasteiger partial charge in [-0.1, -0.05) is 0 Å². The molecule has 1 aliphatic rings. The maximum Gasteiger partial charge on any atom is 0.434 e. The van der Waals surface area contributed by atoms with Crippen molar-refractivity contribution in [2.24, 2.45) is 0 Å². The molecule has 2 aromatic rings. The third-order valence-corrected chi connectivity index (χ3v) is 4.30. The van der Waals surface area contributed by atoms with Crippen molar-refractivity contribution < 1.29 is 13.2 Å². The molecule has 0 bridgehead atoms. The maximum absolute atomic E-state index is 13.0. The van der Waals surface area contributed by atoms with E-state index >= 15 is 0 Å². The summed E-state index contributed by atoms with van der Waals surface area (Å²) in [5.41, 5.74) is 0.166. The van der Waals surface area contributed by atoms with E-state index in [1.54, 1.807) is 24.5 Å². The van der Waals surface area contributed by atoms with Gasteiger partial charge in [0.25, 0.3) is 0 Å². The molecule has 1 saturated carbocycles. The molecule has 112 valence electrons. The summed E-state index contributed by atoms with van der Waals surface area (Å²) in [5.74, 6) is 0. The average molecular weight is 313 g/mol. The third kappa shape index (κ3) is 3.79. The summed E-state index contributed by atoms with van der Waals surface area (Å²) in [6.07, 6.45) is 1.35.